The van der Waals surface area contributed by atoms with Crippen molar-refractivity contribution in [2.45, 2.75) is 24.7 Å². The minimum absolute atomic E-state index is 0.263. The molecule has 1 saturated heterocycles. The van der Waals surface area contributed by atoms with Crippen LogP contribution in [0.15, 0.2) is 57.4 Å². The summed E-state index contributed by atoms with van der Waals surface area (Å²) >= 11 is 3.48. The molecule has 2 heterocycles. The molecule has 0 N–H and O–H groups in total. The number of halogens is 2. The lowest BCUT2D eigenvalue weighted by atomic mass is 9.74. The van der Waals surface area contributed by atoms with E-state index in [1.165, 1.54) is 6.07 Å². The van der Waals surface area contributed by atoms with E-state index in [1.807, 2.05) is 12.1 Å². The number of aromatic nitrogens is 2. The standard InChI is InChI=1S/C20H18BrFN2O2/c21-16-7-5-15(6-8-16)20(9-11-25-12-10-20)19-24-23-18(26-19)13-14-3-1-2-4-17(14)22/h1-8H,9-13H2. The van der Waals surface area contributed by atoms with E-state index < -0.39 is 0 Å². The Morgan fingerprint density at radius 3 is 2.46 bits per heavy atom. The van der Waals surface area contributed by atoms with Crippen LogP contribution in [0, 0.1) is 5.82 Å². The maximum atomic E-state index is 13.9. The second kappa shape index (κ2) is 7.29. The topological polar surface area (TPSA) is 48.2 Å². The summed E-state index contributed by atoms with van der Waals surface area (Å²) in [6, 6.07) is 14.8. The van der Waals surface area contributed by atoms with Gasteiger partial charge in [-0.3, -0.25) is 0 Å². The number of hydrogen-bond acceptors (Lipinski definition) is 4. The van der Waals surface area contributed by atoms with Gasteiger partial charge >= 0.3 is 0 Å². The molecule has 1 aliphatic rings. The zero-order valence-electron chi connectivity index (χ0n) is 14.1. The minimum atomic E-state index is -0.362. The third kappa shape index (κ3) is 3.31. The van der Waals surface area contributed by atoms with Crippen LogP contribution in [0.5, 0.6) is 0 Å². The van der Waals surface area contributed by atoms with Crippen LogP contribution in [0.25, 0.3) is 0 Å². The molecule has 0 saturated carbocycles. The van der Waals surface area contributed by atoms with Crippen LogP contribution in [0.4, 0.5) is 4.39 Å². The molecular weight excluding hydrogens is 399 g/mol. The maximum Gasteiger partial charge on any atom is 0.227 e. The van der Waals surface area contributed by atoms with E-state index in [0.717, 1.165) is 22.9 Å². The smallest absolute Gasteiger partial charge is 0.227 e. The Labute approximate surface area is 159 Å². The molecule has 1 aliphatic heterocycles. The van der Waals surface area contributed by atoms with Gasteiger partial charge in [0.05, 0.1) is 11.8 Å². The zero-order valence-corrected chi connectivity index (χ0v) is 15.7. The molecule has 0 radical (unpaired) electrons. The van der Waals surface area contributed by atoms with Crippen molar-refractivity contribution in [3.05, 3.63) is 81.7 Å². The van der Waals surface area contributed by atoms with E-state index >= 15 is 0 Å². The van der Waals surface area contributed by atoms with E-state index in [4.69, 9.17) is 9.15 Å². The Morgan fingerprint density at radius 1 is 1.00 bits per heavy atom. The van der Waals surface area contributed by atoms with Crippen molar-refractivity contribution in [1.82, 2.24) is 10.2 Å². The van der Waals surface area contributed by atoms with Gasteiger partial charge in [-0.15, -0.1) is 10.2 Å². The molecular formula is C20H18BrFN2O2. The van der Waals surface area contributed by atoms with Crippen LogP contribution in [-0.4, -0.2) is 23.4 Å². The maximum absolute atomic E-state index is 13.9. The highest BCUT2D eigenvalue weighted by Gasteiger charge is 2.41. The van der Waals surface area contributed by atoms with Crippen LogP contribution in [0.2, 0.25) is 0 Å². The van der Waals surface area contributed by atoms with E-state index in [-0.39, 0.29) is 17.7 Å². The minimum Gasteiger partial charge on any atom is -0.424 e. The lowest BCUT2D eigenvalue weighted by molar-refractivity contribution is 0.0541. The second-order valence-corrected chi connectivity index (χ2v) is 7.39. The molecule has 0 amide bonds. The van der Waals surface area contributed by atoms with E-state index in [9.17, 15) is 4.39 Å². The van der Waals surface area contributed by atoms with Crippen LogP contribution in [-0.2, 0) is 16.6 Å². The summed E-state index contributed by atoms with van der Waals surface area (Å²) < 4.78 is 26.5. The molecule has 0 atom stereocenters. The first-order chi connectivity index (χ1) is 12.7. The normalized spacial score (nSPS) is 16.5. The molecule has 0 aliphatic carbocycles. The quantitative estimate of drug-likeness (QED) is 0.620. The van der Waals surface area contributed by atoms with Gasteiger partial charge in [0.1, 0.15) is 5.82 Å². The summed E-state index contributed by atoms with van der Waals surface area (Å²) in [7, 11) is 0. The van der Waals surface area contributed by atoms with Crippen LogP contribution < -0.4 is 0 Å². The number of benzene rings is 2. The first-order valence-electron chi connectivity index (χ1n) is 8.57. The summed E-state index contributed by atoms with van der Waals surface area (Å²) in [6.07, 6.45) is 1.83. The Kier molecular flexibility index (Phi) is 4.87. The average Bonchev–Trinajstić information content (AvgIpc) is 3.14. The van der Waals surface area contributed by atoms with Gasteiger partial charge in [-0.2, -0.15) is 0 Å². The van der Waals surface area contributed by atoms with Gasteiger partial charge in [-0.1, -0.05) is 46.3 Å². The third-order valence-electron chi connectivity index (χ3n) is 4.92. The highest BCUT2D eigenvalue weighted by Crippen LogP contribution is 2.41. The number of nitrogens with zero attached hydrogens (tertiary/aromatic N) is 2. The first kappa shape index (κ1) is 17.4. The Bertz CT molecular complexity index is 889. The predicted octanol–water partition coefficient (Wildman–Crippen LogP) is 4.66. The molecule has 6 heteroatoms. The molecule has 1 aromatic heterocycles. The van der Waals surface area contributed by atoms with E-state index in [2.05, 4.69) is 38.3 Å². The lowest BCUT2D eigenvalue weighted by Crippen LogP contribution is -2.35. The monoisotopic (exact) mass is 416 g/mol. The number of rotatable bonds is 4. The van der Waals surface area contributed by atoms with Gasteiger partial charge in [0.15, 0.2) is 0 Å². The van der Waals surface area contributed by atoms with Gasteiger partial charge < -0.3 is 9.15 Å². The van der Waals surface area contributed by atoms with Crippen LogP contribution in [0.1, 0.15) is 35.7 Å². The van der Waals surface area contributed by atoms with Gasteiger partial charge in [0.2, 0.25) is 11.8 Å². The lowest BCUT2D eigenvalue weighted by Gasteiger charge is -2.34. The summed E-state index contributed by atoms with van der Waals surface area (Å²) in [4.78, 5) is 0. The summed E-state index contributed by atoms with van der Waals surface area (Å²) in [5.41, 5.74) is 1.32. The SMILES string of the molecule is Fc1ccccc1Cc1nnc(C2(c3ccc(Br)cc3)CCOCC2)o1. The highest BCUT2D eigenvalue weighted by molar-refractivity contribution is 9.10. The Hall–Kier alpha value is -2.05. The molecule has 134 valence electrons. The first-order valence-corrected chi connectivity index (χ1v) is 9.37. The molecule has 2 aromatic carbocycles. The summed E-state index contributed by atoms with van der Waals surface area (Å²) in [5, 5.41) is 8.51. The van der Waals surface area contributed by atoms with E-state index in [1.54, 1.807) is 18.2 Å². The molecule has 3 aromatic rings. The van der Waals surface area contributed by atoms with Crippen molar-refractivity contribution in [1.29, 1.82) is 0 Å². The van der Waals surface area contributed by atoms with Gasteiger partial charge in [0.25, 0.3) is 0 Å². The van der Waals surface area contributed by atoms with Crippen molar-refractivity contribution < 1.29 is 13.5 Å². The van der Waals surface area contributed by atoms with Crippen molar-refractivity contribution >= 4 is 15.9 Å². The largest absolute Gasteiger partial charge is 0.424 e. The summed E-state index contributed by atoms with van der Waals surface area (Å²) in [6.45, 7) is 1.28. The number of ether oxygens (including phenoxy) is 1. The van der Waals surface area contributed by atoms with Crippen molar-refractivity contribution in [2.24, 2.45) is 0 Å². The van der Waals surface area contributed by atoms with Gasteiger partial charge in [-0.05, 0) is 42.2 Å². The second-order valence-electron chi connectivity index (χ2n) is 6.47. The van der Waals surface area contributed by atoms with Crippen molar-refractivity contribution in [3.63, 3.8) is 0 Å². The fourth-order valence-corrected chi connectivity index (χ4v) is 3.70. The fourth-order valence-electron chi connectivity index (χ4n) is 3.44. The molecule has 0 bridgehead atoms. The van der Waals surface area contributed by atoms with Crippen molar-refractivity contribution in [3.8, 4) is 0 Å². The van der Waals surface area contributed by atoms with Crippen molar-refractivity contribution in [2.75, 3.05) is 13.2 Å². The van der Waals surface area contributed by atoms with Gasteiger partial charge in [0, 0.05) is 17.7 Å². The van der Waals surface area contributed by atoms with E-state index in [0.29, 0.717) is 30.6 Å². The zero-order chi connectivity index (χ0) is 18.0. The Balaban J connectivity index is 1.68. The van der Waals surface area contributed by atoms with Crippen LogP contribution in [0.3, 0.4) is 0 Å². The molecule has 26 heavy (non-hydrogen) atoms. The molecule has 4 rings (SSSR count). The van der Waals surface area contributed by atoms with Crippen LogP contribution >= 0.6 is 15.9 Å². The molecule has 4 nitrogen and oxygen atoms in total. The molecule has 0 spiro atoms. The fraction of sp³-hybridized carbons (Fsp3) is 0.300. The Morgan fingerprint density at radius 2 is 1.73 bits per heavy atom. The van der Waals surface area contributed by atoms with Gasteiger partial charge in [-0.25, -0.2) is 4.39 Å². The molecule has 0 unspecified atom stereocenters. The number of hydrogen-bond donors (Lipinski definition) is 0. The third-order valence-corrected chi connectivity index (χ3v) is 5.45. The predicted molar refractivity (Wildman–Crippen MR) is 98.5 cm³/mol. The summed E-state index contributed by atoms with van der Waals surface area (Å²) in [5.74, 6) is 0.739. The highest BCUT2D eigenvalue weighted by atomic mass is 79.9. The average molecular weight is 417 g/mol. The molecule has 1 fully saturated rings.